The number of rotatable bonds is 16. The van der Waals surface area contributed by atoms with E-state index in [9.17, 15) is 4.79 Å². The Kier molecular flexibility index (Phi) is 13.0. The van der Waals surface area contributed by atoms with Crippen molar-refractivity contribution in [2.24, 2.45) is 11.8 Å². The van der Waals surface area contributed by atoms with Crippen molar-refractivity contribution in [2.75, 3.05) is 0 Å². The number of aryl methyl sites for hydroxylation is 1. The number of unbranched alkanes of at least 4 members (excludes halogenated alkanes) is 7. The summed E-state index contributed by atoms with van der Waals surface area (Å²) in [6.45, 7) is 4.54. The van der Waals surface area contributed by atoms with E-state index in [1.165, 1.54) is 95.5 Å². The van der Waals surface area contributed by atoms with Crippen LogP contribution >= 0.6 is 0 Å². The van der Waals surface area contributed by atoms with Gasteiger partial charge in [-0.3, -0.25) is 4.79 Å². The zero-order valence-electron chi connectivity index (χ0n) is 22.9. The fourth-order valence-electron chi connectivity index (χ4n) is 5.49. The van der Waals surface area contributed by atoms with E-state index < -0.39 is 0 Å². The summed E-state index contributed by atoms with van der Waals surface area (Å²) in [6.07, 6.45) is 24.9. The second-order valence-electron chi connectivity index (χ2n) is 10.9. The second kappa shape index (κ2) is 16.5. The maximum Gasteiger partial charge on any atom is 0.311 e. The van der Waals surface area contributed by atoms with Crippen LogP contribution in [0.15, 0.2) is 36.7 Å². The number of benzene rings is 1. The lowest BCUT2D eigenvalue weighted by molar-refractivity contribution is -0.134. The molecule has 0 N–H and O–H groups in total. The first-order valence-electron chi connectivity index (χ1n) is 14.8. The van der Waals surface area contributed by atoms with E-state index in [-0.39, 0.29) is 5.97 Å². The summed E-state index contributed by atoms with van der Waals surface area (Å²) >= 11 is 0. The SMILES string of the molecule is CCCCCCCCCCc1cnc(-c2ccc(OC(=O)CCC3CCC(CCC)CC3)cc2)nc1. The Morgan fingerprint density at radius 3 is 1.97 bits per heavy atom. The number of carbonyl (C=O) groups is 1. The van der Waals surface area contributed by atoms with Gasteiger partial charge in [0, 0.05) is 24.4 Å². The maximum atomic E-state index is 12.4. The van der Waals surface area contributed by atoms with Gasteiger partial charge in [-0.25, -0.2) is 9.97 Å². The molecule has 0 amide bonds. The highest BCUT2D eigenvalue weighted by molar-refractivity contribution is 5.72. The Morgan fingerprint density at radius 2 is 1.36 bits per heavy atom. The van der Waals surface area contributed by atoms with Gasteiger partial charge in [0.15, 0.2) is 5.82 Å². The summed E-state index contributed by atoms with van der Waals surface area (Å²) in [6, 6.07) is 7.57. The van der Waals surface area contributed by atoms with Gasteiger partial charge in [-0.15, -0.1) is 0 Å². The third-order valence-electron chi connectivity index (χ3n) is 7.79. The molecule has 1 heterocycles. The highest BCUT2D eigenvalue weighted by atomic mass is 16.5. The largest absolute Gasteiger partial charge is 0.427 e. The van der Waals surface area contributed by atoms with Gasteiger partial charge < -0.3 is 4.74 Å². The van der Waals surface area contributed by atoms with Crippen LogP contribution < -0.4 is 4.74 Å². The third kappa shape index (κ3) is 10.4. The lowest BCUT2D eigenvalue weighted by Gasteiger charge is -2.28. The summed E-state index contributed by atoms with van der Waals surface area (Å²) in [4.78, 5) is 21.5. The van der Waals surface area contributed by atoms with Gasteiger partial charge in [0.2, 0.25) is 0 Å². The van der Waals surface area contributed by atoms with Gasteiger partial charge in [-0.05, 0) is 60.9 Å². The fourth-order valence-corrected chi connectivity index (χ4v) is 5.49. The minimum absolute atomic E-state index is 0.125. The van der Waals surface area contributed by atoms with Gasteiger partial charge in [-0.1, -0.05) is 97.3 Å². The molecule has 3 rings (SSSR count). The predicted molar refractivity (Wildman–Crippen MR) is 149 cm³/mol. The quantitative estimate of drug-likeness (QED) is 0.133. The van der Waals surface area contributed by atoms with Crippen LogP contribution in [-0.2, 0) is 11.2 Å². The summed E-state index contributed by atoms with van der Waals surface area (Å²) in [5.74, 6) is 2.78. The number of esters is 1. The fraction of sp³-hybridized carbons (Fsp3) is 0.656. The molecule has 36 heavy (non-hydrogen) atoms. The van der Waals surface area contributed by atoms with Crippen LogP contribution in [0.5, 0.6) is 5.75 Å². The van der Waals surface area contributed by atoms with Crippen LogP contribution in [0.2, 0.25) is 0 Å². The van der Waals surface area contributed by atoms with Crippen molar-refractivity contribution in [3.05, 3.63) is 42.2 Å². The number of aromatic nitrogens is 2. The van der Waals surface area contributed by atoms with Crippen molar-refractivity contribution >= 4 is 5.97 Å². The van der Waals surface area contributed by atoms with E-state index >= 15 is 0 Å². The Bertz CT molecular complexity index is 855. The topological polar surface area (TPSA) is 52.1 Å². The molecule has 1 aliphatic carbocycles. The predicted octanol–water partition coefficient (Wildman–Crippen LogP) is 9.12. The first kappa shape index (κ1) is 28.3. The molecule has 4 heteroatoms. The van der Waals surface area contributed by atoms with Gasteiger partial charge in [0.05, 0.1) is 0 Å². The molecule has 1 aromatic carbocycles. The number of carbonyl (C=O) groups excluding carboxylic acids is 1. The van der Waals surface area contributed by atoms with E-state index in [0.717, 1.165) is 24.3 Å². The molecule has 0 atom stereocenters. The Labute approximate surface area is 219 Å². The molecule has 0 spiro atoms. The molecule has 1 fully saturated rings. The van der Waals surface area contributed by atoms with E-state index in [0.29, 0.717) is 23.9 Å². The Hall–Kier alpha value is -2.23. The van der Waals surface area contributed by atoms with Crippen molar-refractivity contribution in [1.82, 2.24) is 9.97 Å². The van der Waals surface area contributed by atoms with Gasteiger partial charge in [0.1, 0.15) is 5.75 Å². The molecular formula is C32H48N2O2. The number of ether oxygens (including phenoxy) is 1. The van der Waals surface area contributed by atoms with Crippen LogP contribution in [0.3, 0.4) is 0 Å². The molecule has 0 radical (unpaired) electrons. The molecule has 4 nitrogen and oxygen atoms in total. The minimum atomic E-state index is -0.125. The standard InChI is InChI=1S/C32H48N2O2/c1-3-5-6-7-8-9-10-11-13-28-24-33-32(34-25-28)29-19-21-30(22-20-29)36-31(35)23-18-27-16-14-26(12-4-2)15-17-27/h19-22,24-27H,3-18,23H2,1-2H3. The van der Waals surface area contributed by atoms with Crippen molar-refractivity contribution in [3.8, 4) is 17.1 Å². The zero-order valence-corrected chi connectivity index (χ0v) is 22.9. The van der Waals surface area contributed by atoms with Crippen molar-refractivity contribution in [1.29, 1.82) is 0 Å². The van der Waals surface area contributed by atoms with Crippen molar-refractivity contribution < 1.29 is 9.53 Å². The van der Waals surface area contributed by atoms with Crippen molar-refractivity contribution in [3.63, 3.8) is 0 Å². The van der Waals surface area contributed by atoms with Crippen molar-refractivity contribution in [2.45, 2.75) is 123 Å². The molecule has 1 aromatic heterocycles. The molecule has 1 saturated carbocycles. The Morgan fingerprint density at radius 1 is 0.778 bits per heavy atom. The summed E-state index contributed by atoms with van der Waals surface area (Å²) < 4.78 is 5.59. The van der Waals surface area contributed by atoms with Crippen LogP contribution in [0.25, 0.3) is 11.4 Å². The molecule has 2 aromatic rings. The van der Waals surface area contributed by atoms with Gasteiger partial charge in [-0.2, -0.15) is 0 Å². The average molecular weight is 493 g/mol. The number of nitrogens with zero attached hydrogens (tertiary/aromatic N) is 2. The molecule has 0 aliphatic heterocycles. The highest BCUT2D eigenvalue weighted by Crippen LogP contribution is 2.34. The summed E-state index contributed by atoms with van der Waals surface area (Å²) in [7, 11) is 0. The lowest BCUT2D eigenvalue weighted by atomic mass is 9.78. The summed E-state index contributed by atoms with van der Waals surface area (Å²) in [5, 5.41) is 0. The molecule has 1 aliphatic rings. The van der Waals surface area contributed by atoms with Crippen LogP contribution in [-0.4, -0.2) is 15.9 Å². The van der Waals surface area contributed by atoms with Crippen LogP contribution in [0, 0.1) is 11.8 Å². The second-order valence-corrected chi connectivity index (χ2v) is 10.9. The third-order valence-corrected chi connectivity index (χ3v) is 7.79. The number of hydrogen-bond donors (Lipinski definition) is 0. The van der Waals surface area contributed by atoms with E-state index in [1.807, 2.05) is 36.7 Å². The Balaban J connectivity index is 1.34. The first-order valence-corrected chi connectivity index (χ1v) is 14.8. The number of hydrogen-bond acceptors (Lipinski definition) is 4. The summed E-state index contributed by atoms with van der Waals surface area (Å²) in [5.41, 5.74) is 2.14. The van der Waals surface area contributed by atoms with E-state index in [1.54, 1.807) is 0 Å². The van der Waals surface area contributed by atoms with E-state index in [4.69, 9.17) is 4.74 Å². The minimum Gasteiger partial charge on any atom is -0.427 e. The maximum absolute atomic E-state index is 12.4. The smallest absolute Gasteiger partial charge is 0.311 e. The first-order chi connectivity index (χ1) is 17.7. The molecular weight excluding hydrogens is 444 g/mol. The molecule has 0 unspecified atom stereocenters. The van der Waals surface area contributed by atoms with Crippen LogP contribution in [0.4, 0.5) is 0 Å². The molecule has 198 valence electrons. The lowest BCUT2D eigenvalue weighted by Crippen LogP contribution is -2.17. The van der Waals surface area contributed by atoms with Crippen LogP contribution in [0.1, 0.15) is 122 Å². The average Bonchev–Trinajstić information content (AvgIpc) is 2.91. The normalized spacial score (nSPS) is 17.7. The molecule has 0 saturated heterocycles. The van der Waals surface area contributed by atoms with Gasteiger partial charge >= 0.3 is 5.97 Å². The highest BCUT2D eigenvalue weighted by Gasteiger charge is 2.21. The van der Waals surface area contributed by atoms with Gasteiger partial charge in [0.25, 0.3) is 0 Å². The molecule has 0 bridgehead atoms. The monoisotopic (exact) mass is 492 g/mol. The zero-order chi connectivity index (χ0) is 25.4. The van der Waals surface area contributed by atoms with E-state index in [2.05, 4.69) is 23.8 Å².